The Hall–Kier alpha value is -1.02. The van der Waals surface area contributed by atoms with Crippen LogP contribution in [0.5, 0.6) is 5.75 Å². The quantitative estimate of drug-likeness (QED) is 0.797. The third kappa shape index (κ3) is 5.16. The Morgan fingerprint density at radius 2 is 1.95 bits per heavy atom. The predicted molar refractivity (Wildman–Crippen MR) is 85.0 cm³/mol. The monoisotopic (exact) mass is 275 g/mol. The van der Waals surface area contributed by atoms with E-state index in [0.717, 1.165) is 31.2 Å². The molecule has 1 N–H and O–H groups in total. The molecule has 0 saturated heterocycles. The minimum Gasteiger partial charge on any atom is -0.494 e. The van der Waals surface area contributed by atoms with Gasteiger partial charge in [-0.2, -0.15) is 0 Å². The Morgan fingerprint density at radius 1 is 1.20 bits per heavy atom. The molecule has 0 aliphatic heterocycles. The van der Waals surface area contributed by atoms with Gasteiger partial charge in [-0.1, -0.05) is 32.9 Å². The van der Waals surface area contributed by atoms with Crippen molar-refractivity contribution in [3.8, 4) is 5.75 Å². The molecule has 1 aliphatic carbocycles. The highest BCUT2D eigenvalue weighted by molar-refractivity contribution is 5.27. The molecule has 0 radical (unpaired) electrons. The Bertz CT molecular complexity index is 385. The fraction of sp³-hybridized carbons (Fsp3) is 0.667. The normalized spacial score (nSPS) is 22.4. The molecule has 2 heteroatoms. The van der Waals surface area contributed by atoms with E-state index >= 15 is 0 Å². The van der Waals surface area contributed by atoms with E-state index in [1.165, 1.54) is 24.8 Å². The smallest absolute Gasteiger partial charge is 0.119 e. The zero-order valence-electron chi connectivity index (χ0n) is 13.2. The molecule has 0 heterocycles. The molecule has 112 valence electrons. The van der Waals surface area contributed by atoms with Gasteiger partial charge in [0.2, 0.25) is 0 Å². The summed E-state index contributed by atoms with van der Waals surface area (Å²) in [4.78, 5) is 0. The second kappa shape index (κ2) is 7.68. The number of nitrogens with one attached hydrogen (secondary N) is 1. The second-order valence-corrected chi connectivity index (χ2v) is 6.67. The predicted octanol–water partition coefficient (Wildman–Crippen LogP) is 4.39. The van der Waals surface area contributed by atoms with Gasteiger partial charge >= 0.3 is 0 Å². The summed E-state index contributed by atoms with van der Waals surface area (Å²) in [5, 5.41) is 3.67. The van der Waals surface area contributed by atoms with Crippen molar-refractivity contribution in [3.63, 3.8) is 0 Å². The molecule has 2 unspecified atom stereocenters. The molecule has 2 nitrogen and oxygen atoms in total. The lowest BCUT2D eigenvalue weighted by atomic mass is 10.1. The van der Waals surface area contributed by atoms with Crippen molar-refractivity contribution in [2.45, 2.75) is 59.0 Å². The van der Waals surface area contributed by atoms with Gasteiger partial charge in [0.15, 0.2) is 0 Å². The van der Waals surface area contributed by atoms with Crippen molar-refractivity contribution in [2.75, 3.05) is 6.61 Å². The lowest BCUT2D eigenvalue weighted by Crippen LogP contribution is -2.25. The van der Waals surface area contributed by atoms with Crippen LogP contribution in [-0.4, -0.2) is 12.6 Å². The van der Waals surface area contributed by atoms with Crippen LogP contribution in [0.4, 0.5) is 0 Å². The van der Waals surface area contributed by atoms with Crippen molar-refractivity contribution in [1.29, 1.82) is 0 Å². The third-order valence-electron chi connectivity index (χ3n) is 4.18. The number of hydrogen-bond donors (Lipinski definition) is 1. The highest BCUT2D eigenvalue weighted by atomic mass is 16.5. The molecule has 1 aliphatic rings. The van der Waals surface area contributed by atoms with E-state index in [-0.39, 0.29) is 0 Å². The first kappa shape index (κ1) is 15.4. The molecular weight excluding hydrogens is 246 g/mol. The summed E-state index contributed by atoms with van der Waals surface area (Å²) >= 11 is 0. The molecule has 0 bridgehead atoms. The summed E-state index contributed by atoms with van der Waals surface area (Å²) in [7, 11) is 0. The maximum atomic E-state index is 5.74. The molecule has 1 aromatic carbocycles. The fourth-order valence-electron chi connectivity index (χ4n) is 2.77. The van der Waals surface area contributed by atoms with E-state index in [2.05, 4.69) is 50.4 Å². The van der Waals surface area contributed by atoms with Crippen LogP contribution in [0.15, 0.2) is 24.3 Å². The van der Waals surface area contributed by atoms with Crippen LogP contribution in [0.1, 0.15) is 52.0 Å². The summed E-state index contributed by atoms with van der Waals surface area (Å²) in [6, 6.07) is 9.25. The van der Waals surface area contributed by atoms with Crippen LogP contribution in [0.25, 0.3) is 0 Å². The van der Waals surface area contributed by atoms with Gasteiger partial charge in [-0.3, -0.25) is 0 Å². The van der Waals surface area contributed by atoms with E-state index in [0.29, 0.717) is 12.0 Å². The van der Waals surface area contributed by atoms with Gasteiger partial charge in [-0.25, -0.2) is 0 Å². The van der Waals surface area contributed by atoms with Crippen LogP contribution >= 0.6 is 0 Å². The molecule has 0 aromatic heterocycles. The molecule has 1 aromatic rings. The lowest BCUT2D eigenvalue weighted by Gasteiger charge is -2.13. The highest BCUT2D eigenvalue weighted by Crippen LogP contribution is 2.24. The van der Waals surface area contributed by atoms with Gasteiger partial charge in [0.05, 0.1) is 6.61 Å². The van der Waals surface area contributed by atoms with Gasteiger partial charge in [-0.15, -0.1) is 0 Å². The van der Waals surface area contributed by atoms with Gasteiger partial charge < -0.3 is 10.1 Å². The van der Waals surface area contributed by atoms with E-state index in [1.54, 1.807) is 0 Å². The molecule has 2 rings (SSSR count). The lowest BCUT2D eigenvalue weighted by molar-refractivity contribution is 0.289. The zero-order valence-corrected chi connectivity index (χ0v) is 13.2. The van der Waals surface area contributed by atoms with Gasteiger partial charge in [-0.05, 0) is 55.2 Å². The number of ether oxygens (including phenoxy) is 1. The van der Waals surface area contributed by atoms with Crippen molar-refractivity contribution in [2.24, 2.45) is 11.8 Å². The maximum Gasteiger partial charge on any atom is 0.119 e. The largest absolute Gasteiger partial charge is 0.494 e. The van der Waals surface area contributed by atoms with Crippen molar-refractivity contribution in [1.82, 2.24) is 5.32 Å². The molecule has 20 heavy (non-hydrogen) atoms. The van der Waals surface area contributed by atoms with Crippen LogP contribution in [0.3, 0.4) is 0 Å². The first-order valence-electron chi connectivity index (χ1n) is 8.08. The van der Waals surface area contributed by atoms with Gasteiger partial charge in [0.25, 0.3) is 0 Å². The average Bonchev–Trinajstić information content (AvgIpc) is 2.83. The molecule has 0 spiro atoms. The summed E-state index contributed by atoms with van der Waals surface area (Å²) in [5.41, 5.74) is 1.35. The minimum atomic E-state index is 0.701. The molecule has 2 atom stereocenters. The Labute approximate surface area is 123 Å². The van der Waals surface area contributed by atoms with E-state index in [4.69, 9.17) is 4.74 Å². The second-order valence-electron chi connectivity index (χ2n) is 6.67. The molecule has 0 amide bonds. The Kier molecular flexibility index (Phi) is 5.90. The Balaban J connectivity index is 1.71. The van der Waals surface area contributed by atoms with Crippen molar-refractivity contribution >= 4 is 0 Å². The molecular formula is C18H29NO. The summed E-state index contributed by atoms with van der Waals surface area (Å²) in [6.45, 7) is 8.59. The summed E-state index contributed by atoms with van der Waals surface area (Å²) in [5.74, 6) is 2.58. The van der Waals surface area contributed by atoms with E-state index < -0.39 is 0 Å². The fourth-order valence-corrected chi connectivity index (χ4v) is 2.77. The van der Waals surface area contributed by atoms with Crippen molar-refractivity contribution < 1.29 is 4.74 Å². The topological polar surface area (TPSA) is 21.3 Å². The number of benzene rings is 1. The first-order valence-corrected chi connectivity index (χ1v) is 8.08. The first-order chi connectivity index (χ1) is 9.63. The van der Waals surface area contributed by atoms with E-state index in [1.807, 2.05) is 0 Å². The summed E-state index contributed by atoms with van der Waals surface area (Å²) < 4.78 is 5.74. The van der Waals surface area contributed by atoms with Crippen LogP contribution in [0, 0.1) is 11.8 Å². The molecule has 1 fully saturated rings. The van der Waals surface area contributed by atoms with Crippen LogP contribution in [0.2, 0.25) is 0 Å². The van der Waals surface area contributed by atoms with Crippen molar-refractivity contribution in [3.05, 3.63) is 29.8 Å². The standard InChI is InChI=1S/C18H29NO/c1-14(2)10-11-20-18-8-5-16(6-9-18)13-19-17-7-4-15(3)12-17/h5-6,8-9,14-15,17,19H,4,7,10-13H2,1-3H3. The minimum absolute atomic E-state index is 0.701. The van der Waals surface area contributed by atoms with Gasteiger partial charge in [0.1, 0.15) is 5.75 Å². The zero-order chi connectivity index (χ0) is 14.4. The van der Waals surface area contributed by atoms with Crippen LogP contribution < -0.4 is 10.1 Å². The SMILES string of the molecule is CC(C)CCOc1ccc(CNC2CCC(C)C2)cc1. The number of rotatable bonds is 7. The number of hydrogen-bond acceptors (Lipinski definition) is 2. The average molecular weight is 275 g/mol. The Morgan fingerprint density at radius 3 is 2.55 bits per heavy atom. The third-order valence-corrected chi connectivity index (χ3v) is 4.18. The molecule has 1 saturated carbocycles. The highest BCUT2D eigenvalue weighted by Gasteiger charge is 2.20. The van der Waals surface area contributed by atoms with E-state index in [9.17, 15) is 0 Å². The van der Waals surface area contributed by atoms with Gasteiger partial charge in [0, 0.05) is 12.6 Å². The van der Waals surface area contributed by atoms with Crippen LogP contribution in [-0.2, 0) is 6.54 Å². The maximum absolute atomic E-state index is 5.74. The summed E-state index contributed by atoms with van der Waals surface area (Å²) in [6.07, 6.45) is 5.15.